The third kappa shape index (κ3) is 3.63. The summed E-state index contributed by atoms with van der Waals surface area (Å²) < 4.78 is 39.4. The van der Waals surface area contributed by atoms with Gasteiger partial charge in [0.15, 0.2) is 0 Å². The molecular formula is C13H17BrF3N3. The molecule has 1 saturated heterocycles. The summed E-state index contributed by atoms with van der Waals surface area (Å²) in [5.41, 5.74) is -0.724. The number of pyridine rings is 1. The van der Waals surface area contributed by atoms with E-state index in [1.807, 2.05) is 7.05 Å². The van der Waals surface area contributed by atoms with Gasteiger partial charge in [-0.05, 0) is 48.8 Å². The molecule has 2 rings (SSSR count). The van der Waals surface area contributed by atoms with Gasteiger partial charge in [-0.2, -0.15) is 13.2 Å². The maximum atomic E-state index is 13.0. The van der Waals surface area contributed by atoms with Crippen molar-refractivity contribution in [2.75, 3.05) is 18.9 Å². The smallest absolute Gasteiger partial charge is 0.367 e. The molecule has 0 radical (unpaired) electrons. The molecule has 7 heteroatoms. The number of rotatable bonds is 2. The third-order valence-corrected chi connectivity index (χ3v) is 4.14. The van der Waals surface area contributed by atoms with E-state index in [9.17, 15) is 13.2 Å². The van der Waals surface area contributed by atoms with Gasteiger partial charge in [0.05, 0.1) is 5.56 Å². The van der Waals surface area contributed by atoms with Crippen LogP contribution >= 0.6 is 15.9 Å². The van der Waals surface area contributed by atoms with Gasteiger partial charge in [0, 0.05) is 29.3 Å². The van der Waals surface area contributed by atoms with Gasteiger partial charge in [0.1, 0.15) is 5.82 Å². The first-order valence-electron chi connectivity index (χ1n) is 6.47. The van der Waals surface area contributed by atoms with E-state index in [-0.39, 0.29) is 11.9 Å². The van der Waals surface area contributed by atoms with Crippen LogP contribution in [0.3, 0.4) is 0 Å². The SMILES string of the molecule is CC1CC(Nc2ncc(Br)cc2C(F)(F)F)CCN1C. The highest BCUT2D eigenvalue weighted by Crippen LogP contribution is 2.36. The lowest BCUT2D eigenvalue weighted by Gasteiger charge is -2.35. The van der Waals surface area contributed by atoms with Crippen LogP contribution in [0.5, 0.6) is 0 Å². The van der Waals surface area contributed by atoms with Crippen LogP contribution in [0.2, 0.25) is 0 Å². The predicted molar refractivity (Wildman–Crippen MR) is 75.7 cm³/mol. The maximum absolute atomic E-state index is 13.0. The van der Waals surface area contributed by atoms with E-state index < -0.39 is 11.7 Å². The molecule has 0 amide bonds. The Balaban J connectivity index is 2.17. The van der Waals surface area contributed by atoms with E-state index in [0.29, 0.717) is 10.5 Å². The Kier molecular flexibility index (Phi) is 4.59. The molecule has 1 N–H and O–H groups in total. The molecular weight excluding hydrogens is 335 g/mol. The minimum absolute atomic E-state index is 0.0241. The second kappa shape index (κ2) is 5.89. The van der Waals surface area contributed by atoms with Gasteiger partial charge in [-0.1, -0.05) is 0 Å². The minimum atomic E-state index is -4.41. The number of nitrogens with zero attached hydrogens (tertiary/aromatic N) is 2. The zero-order chi connectivity index (χ0) is 14.9. The average molecular weight is 352 g/mol. The van der Waals surface area contributed by atoms with Crippen molar-refractivity contribution in [1.29, 1.82) is 0 Å². The Morgan fingerprint density at radius 3 is 2.75 bits per heavy atom. The molecule has 1 aromatic rings. The van der Waals surface area contributed by atoms with Crippen LogP contribution < -0.4 is 5.32 Å². The van der Waals surface area contributed by atoms with E-state index in [4.69, 9.17) is 0 Å². The van der Waals surface area contributed by atoms with E-state index in [0.717, 1.165) is 25.5 Å². The normalized spacial score (nSPS) is 24.7. The van der Waals surface area contributed by atoms with Crippen molar-refractivity contribution in [3.63, 3.8) is 0 Å². The monoisotopic (exact) mass is 351 g/mol. The maximum Gasteiger partial charge on any atom is 0.419 e. The van der Waals surface area contributed by atoms with Crippen molar-refractivity contribution < 1.29 is 13.2 Å². The first-order chi connectivity index (χ1) is 9.27. The van der Waals surface area contributed by atoms with Crippen molar-refractivity contribution in [2.45, 2.75) is 38.0 Å². The summed E-state index contributed by atoms with van der Waals surface area (Å²) in [5.74, 6) is -0.0811. The largest absolute Gasteiger partial charge is 0.419 e. The van der Waals surface area contributed by atoms with Gasteiger partial charge < -0.3 is 10.2 Å². The minimum Gasteiger partial charge on any atom is -0.367 e. The molecule has 1 aliphatic heterocycles. The number of nitrogens with one attached hydrogen (secondary N) is 1. The second-order valence-electron chi connectivity index (χ2n) is 5.24. The zero-order valence-corrected chi connectivity index (χ0v) is 12.9. The average Bonchev–Trinajstić information content (AvgIpc) is 2.35. The molecule has 2 unspecified atom stereocenters. The van der Waals surface area contributed by atoms with E-state index >= 15 is 0 Å². The lowest BCUT2D eigenvalue weighted by atomic mass is 9.99. The number of hydrogen-bond acceptors (Lipinski definition) is 3. The Hall–Kier alpha value is -0.820. The highest BCUT2D eigenvalue weighted by Gasteiger charge is 2.35. The topological polar surface area (TPSA) is 28.2 Å². The van der Waals surface area contributed by atoms with Gasteiger partial charge in [-0.3, -0.25) is 0 Å². The van der Waals surface area contributed by atoms with Gasteiger partial charge in [0.25, 0.3) is 0 Å². The summed E-state index contributed by atoms with van der Waals surface area (Å²) in [5, 5.41) is 2.96. The Morgan fingerprint density at radius 1 is 1.45 bits per heavy atom. The summed E-state index contributed by atoms with van der Waals surface area (Å²) in [6.45, 7) is 2.95. The molecule has 112 valence electrons. The van der Waals surface area contributed by atoms with E-state index in [2.05, 4.69) is 38.1 Å². The first kappa shape index (κ1) is 15.6. The quantitative estimate of drug-likeness (QED) is 0.879. The van der Waals surface area contributed by atoms with E-state index in [1.165, 1.54) is 6.20 Å². The summed E-state index contributed by atoms with van der Waals surface area (Å²) in [6, 6.07) is 1.44. The lowest BCUT2D eigenvalue weighted by molar-refractivity contribution is -0.137. The molecule has 1 aliphatic rings. The highest BCUT2D eigenvalue weighted by molar-refractivity contribution is 9.10. The lowest BCUT2D eigenvalue weighted by Crippen LogP contribution is -2.43. The fraction of sp³-hybridized carbons (Fsp3) is 0.615. The predicted octanol–water partition coefficient (Wildman–Crippen LogP) is 3.76. The molecule has 0 spiro atoms. The van der Waals surface area contributed by atoms with Crippen molar-refractivity contribution >= 4 is 21.7 Å². The fourth-order valence-corrected chi connectivity index (χ4v) is 2.72. The summed E-state index contributed by atoms with van der Waals surface area (Å²) in [7, 11) is 2.03. The van der Waals surface area contributed by atoms with Gasteiger partial charge in [0.2, 0.25) is 0 Å². The van der Waals surface area contributed by atoms with Crippen LogP contribution in [0.15, 0.2) is 16.7 Å². The van der Waals surface area contributed by atoms with Crippen LogP contribution in [0, 0.1) is 0 Å². The summed E-state index contributed by atoms with van der Waals surface area (Å²) in [6.07, 6.45) is -1.40. The van der Waals surface area contributed by atoms with Gasteiger partial charge >= 0.3 is 6.18 Å². The zero-order valence-electron chi connectivity index (χ0n) is 11.3. The molecule has 0 saturated carbocycles. The molecule has 1 aromatic heterocycles. The van der Waals surface area contributed by atoms with Crippen LogP contribution in [0.4, 0.5) is 19.0 Å². The van der Waals surface area contributed by atoms with Crippen LogP contribution in [0.1, 0.15) is 25.3 Å². The number of piperidine rings is 1. The van der Waals surface area contributed by atoms with E-state index in [1.54, 1.807) is 0 Å². The van der Waals surface area contributed by atoms with Crippen LogP contribution in [-0.4, -0.2) is 35.6 Å². The third-order valence-electron chi connectivity index (χ3n) is 3.71. The van der Waals surface area contributed by atoms with Crippen molar-refractivity contribution in [2.24, 2.45) is 0 Å². The van der Waals surface area contributed by atoms with Crippen molar-refractivity contribution in [1.82, 2.24) is 9.88 Å². The Labute approximate surface area is 124 Å². The number of likely N-dealkylation sites (tertiary alicyclic amines) is 1. The van der Waals surface area contributed by atoms with Crippen LogP contribution in [-0.2, 0) is 6.18 Å². The van der Waals surface area contributed by atoms with Gasteiger partial charge in [-0.15, -0.1) is 0 Å². The second-order valence-corrected chi connectivity index (χ2v) is 6.16. The molecule has 20 heavy (non-hydrogen) atoms. The number of hydrogen-bond donors (Lipinski definition) is 1. The molecule has 0 bridgehead atoms. The number of aromatic nitrogens is 1. The molecule has 0 aromatic carbocycles. The Morgan fingerprint density at radius 2 is 2.15 bits per heavy atom. The Bertz CT molecular complexity index is 478. The molecule has 3 nitrogen and oxygen atoms in total. The van der Waals surface area contributed by atoms with Crippen molar-refractivity contribution in [3.8, 4) is 0 Å². The number of alkyl halides is 3. The number of anilines is 1. The summed E-state index contributed by atoms with van der Waals surface area (Å²) >= 11 is 3.03. The van der Waals surface area contributed by atoms with Crippen LogP contribution in [0.25, 0.3) is 0 Å². The molecule has 0 aliphatic carbocycles. The fourth-order valence-electron chi connectivity index (χ4n) is 2.38. The summed E-state index contributed by atoms with van der Waals surface area (Å²) in [4.78, 5) is 6.10. The number of halogens is 4. The van der Waals surface area contributed by atoms with Crippen molar-refractivity contribution in [3.05, 3.63) is 22.3 Å². The molecule has 2 heterocycles. The first-order valence-corrected chi connectivity index (χ1v) is 7.26. The molecule has 2 atom stereocenters. The highest BCUT2D eigenvalue weighted by atomic mass is 79.9. The van der Waals surface area contributed by atoms with Gasteiger partial charge in [-0.25, -0.2) is 4.98 Å². The standard InChI is InChI=1S/C13H17BrF3N3/c1-8-5-10(3-4-20(8)2)19-12-11(13(15,16)17)6-9(14)7-18-12/h6-8,10H,3-5H2,1-2H3,(H,18,19). The molecule has 1 fully saturated rings.